The Morgan fingerprint density at radius 3 is 3.00 bits per heavy atom. The number of rotatable bonds is 3. The van der Waals surface area contributed by atoms with Crippen LogP contribution in [-0.4, -0.2) is 45.4 Å². The van der Waals surface area contributed by atoms with Crippen LogP contribution in [0.1, 0.15) is 12.1 Å². The fourth-order valence-electron chi connectivity index (χ4n) is 2.64. The predicted octanol–water partition coefficient (Wildman–Crippen LogP) is 1.76. The van der Waals surface area contributed by atoms with Gasteiger partial charge >= 0.3 is 0 Å². The molecule has 21 heavy (non-hydrogen) atoms. The Kier molecular flexibility index (Phi) is 3.79. The number of hydrogen-bond acceptors (Lipinski definition) is 5. The number of aliphatic hydroxyl groups excluding tert-OH is 1. The zero-order chi connectivity index (χ0) is 14.8. The molecule has 1 fully saturated rings. The van der Waals surface area contributed by atoms with Gasteiger partial charge in [0.05, 0.1) is 19.2 Å². The van der Waals surface area contributed by atoms with Crippen LogP contribution in [-0.2, 0) is 0 Å². The summed E-state index contributed by atoms with van der Waals surface area (Å²) in [4.78, 5) is 14.8. The molecule has 0 spiro atoms. The van der Waals surface area contributed by atoms with Crippen molar-refractivity contribution in [1.29, 1.82) is 0 Å². The summed E-state index contributed by atoms with van der Waals surface area (Å²) >= 11 is 0. The van der Waals surface area contributed by atoms with E-state index in [2.05, 4.69) is 15.0 Å². The van der Waals surface area contributed by atoms with Gasteiger partial charge in [0.25, 0.3) is 0 Å². The number of anilines is 1. The molecule has 1 aliphatic rings. The molecule has 0 aliphatic carbocycles. The number of alkyl halides is 1. The van der Waals surface area contributed by atoms with Crippen molar-refractivity contribution in [2.24, 2.45) is 0 Å². The smallest absolute Gasteiger partial charge is 0.163 e. The van der Waals surface area contributed by atoms with Crippen LogP contribution < -0.4 is 4.90 Å². The highest BCUT2D eigenvalue weighted by molar-refractivity contribution is 5.57. The van der Waals surface area contributed by atoms with Gasteiger partial charge in [-0.3, -0.25) is 4.98 Å². The Morgan fingerprint density at radius 1 is 1.43 bits per heavy atom. The lowest BCUT2D eigenvalue weighted by Crippen LogP contribution is -2.33. The summed E-state index contributed by atoms with van der Waals surface area (Å²) in [5.74, 6) is 1.22. The van der Waals surface area contributed by atoms with Crippen molar-refractivity contribution < 1.29 is 9.50 Å². The van der Waals surface area contributed by atoms with Gasteiger partial charge in [0.2, 0.25) is 0 Å². The number of aromatic nitrogens is 3. The van der Waals surface area contributed by atoms with Crippen LogP contribution in [0.15, 0.2) is 30.6 Å². The van der Waals surface area contributed by atoms with E-state index in [-0.39, 0.29) is 19.2 Å². The highest BCUT2D eigenvalue weighted by Crippen LogP contribution is 2.27. The maximum absolute atomic E-state index is 13.6. The molecule has 110 valence electrons. The molecular formula is C15H17FN4O. The van der Waals surface area contributed by atoms with E-state index in [1.54, 1.807) is 12.4 Å². The molecule has 0 amide bonds. The van der Waals surface area contributed by atoms with Crippen molar-refractivity contribution in [3.05, 3.63) is 36.3 Å². The summed E-state index contributed by atoms with van der Waals surface area (Å²) in [6, 6.07) is 5.30. The topological polar surface area (TPSA) is 62.1 Å². The molecule has 1 aliphatic heterocycles. The highest BCUT2D eigenvalue weighted by atomic mass is 19.1. The predicted molar refractivity (Wildman–Crippen MR) is 77.7 cm³/mol. The molecule has 5 nitrogen and oxygen atoms in total. The number of halogens is 1. The Morgan fingerprint density at radius 2 is 2.29 bits per heavy atom. The molecule has 0 bridgehead atoms. The summed E-state index contributed by atoms with van der Waals surface area (Å²) in [6.07, 6.45) is 2.79. The van der Waals surface area contributed by atoms with Crippen LogP contribution in [0, 0.1) is 6.92 Å². The average Bonchev–Trinajstić information content (AvgIpc) is 2.89. The molecule has 3 heterocycles. The van der Waals surface area contributed by atoms with Gasteiger partial charge < -0.3 is 10.0 Å². The monoisotopic (exact) mass is 288 g/mol. The van der Waals surface area contributed by atoms with Gasteiger partial charge in [-0.25, -0.2) is 14.4 Å². The number of aliphatic hydroxyl groups is 1. The Hall–Kier alpha value is -2.08. The van der Waals surface area contributed by atoms with E-state index in [1.807, 2.05) is 30.0 Å². The molecule has 2 aromatic heterocycles. The Bertz CT molecular complexity index is 622. The van der Waals surface area contributed by atoms with Gasteiger partial charge in [-0.1, -0.05) is 0 Å². The van der Waals surface area contributed by atoms with Crippen molar-refractivity contribution in [1.82, 2.24) is 15.0 Å². The number of nitrogens with zero attached hydrogens (tertiary/aromatic N) is 4. The van der Waals surface area contributed by atoms with Crippen LogP contribution in [0.25, 0.3) is 11.4 Å². The van der Waals surface area contributed by atoms with E-state index in [4.69, 9.17) is 0 Å². The normalized spacial score (nSPS) is 21.8. The van der Waals surface area contributed by atoms with Crippen molar-refractivity contribution in [3.63, 3.8) is 0 Å². The molecule has 1 N–H and O–H groups in total. The minimum atomic E-state index is -0.931. The fraction of sp³-hybridized carbons (Fsp3) is 0.400. The average molecular weight is 288 g/mol. The second kappa shape index (κ2) is 5.73. The van der Waals surface area contributed by atoms with Crippen molar-refractivity contribution in [2.45, 2.75) is 25.6 Å². The summed E-state index contributed by atoms with van der Waals surface area (Å²) in [7, 11) is 0. The summed E-state index contributed by atoms with van der Waals surface area (Å²) in [5.41, 5.74) is 1.62. The first-order valence-electron chi connectivity index (χ1n) is 6.95. The van der Waals surface area contributed by atoms with Gasteiger partial charge in [0.15, 0.2) is 5.82 Å². The molecule has 0 unspecified atom stereocenters. The number of pyridine rings is 1. The maximum Gasteiger partial charge on any atom is 0.163 e. The van der Waals surface area contributed by atoms with Crippen LogP contribution in [0.4, 0.5) is 10.2 Å². The molecule has 0 aromatic carbocycles. The molecule has 1 saturated heterocycles. The molecule has 2 atom stereocenters. The standard InChI is InChI=1S/C15H17FN4O/c1-10-5-14(20-8-12(16)6-13(20)9-21)19-15(18-10)11-3-2-4-17-7-11/h2-5,7,12-13,21H,6,8-9H2,1H3/t12-,13-/m0/s1. The van der Waals surface area contributed by atoms with Gasteiger partial charge in [-0.05, 0) is 19.1 Å². The van der Waals surface area contributed by atoms with Crippen LogP contribution in [0.2, 0.25) is 0 Å². The molecule has 6 heteroatoms. The number of aryl methyl sites for hydroxylation is 1. The lowest BCUT2D eigenvalue weighted by Gasteiger charge is -2.24. The Balaban J connectivity index is 1.98. The molecule has 0 radical (unpaired) electrons. The first-order chi connectivity index (χ1) is 10.2. The van der Waals surface area contributed by atoms with Crippen LogP contribution in [0.3, 0.4) is 0 Å². The second-order valence-electron chi connectivity index (χ2n) is 5.25. The largest absolute Gasteiger partial charge is 0.394 e. The minimum absolute atomic E-state index is 0.0777. The zero-order valence-electron chi connectivity index (χ0n) is 11.8. The molecule has 2 aromatic rings. The third kappa shape index (κ3) is 2.85. The highest BCUT2D eigenvalue weighted by Gasteiger charge is 2.32. The van der Waals surface area contributed by atoms with Crippen molar-refractivity contribution in [2.75, 3.05) is 18.1 Å². The quantitative estimate of drug-likeness (QED) is 0.932. The van der Waals surface area contributed by atoms with E-state index >= 15 is 0 Å². The summed E-state index contributed by atoms with van der Waals surface area (Å²) in [5, 5.41) is 9.41. The fourth-order valence-corrected chi connectivity index (χ4v) is 2.64. The van der Waals surface area contributed by atoms with E-state index < -0.39 is 6.17 Å². The summed E-state index contributed by atoms with van der Waals surface area (Å²) in [6.45, 7) is 2.06. The van der Waals surface area contributed by atoms with Gasteiger partial charge in [-0.15, -0.1) is 0 Å². The van der Waals surface area contributed by atoms with Crippen molar-refractivity contribution >= 4 is 5.82 Å². The maximum atomic E-state index is 13.6. The van der Waals surface area contributed by atoms with Crippen LogP contribution in [0.5, 0.6) is 0 Å². The third-order valence-electron chi connectivity index (χ3n) is 3.63. The summed E-state index contributed by atoms with van der Waals surface area (Å²) < 4.78 is 13.6. The SMILES string of the molecule is Cc1cc(N2C[C@@H](F)C[C@H]2CO)nc(-c2cccnc2)n1. The molecule has 0 saturated carbocycles. The van der Waals surface area contributed by atoms with E-state index in [0.29, 0.717) is 18.1 Å². The molecular weight excluding hydrogens is 271 g/mol. The van der Waals surface area contributed by atoms with Gasteiger partial charge in [-0.2, -0.15) is 0 Å². The minimum Gasteiger partial charge on any atom is -0.394 e. The van der Waals surface area contributed by atoms with E-state index in [9.17, 15) is 9.50 Å². The second-order valence-corrected chi connectivity index (χ2v) is 5.25. The third-order valence-corrected chi connectivity index (χ3v) is 3.63. The first-order valence-corrected chi connectivity index (χ1v) is 6.95. The Labute approximate surface area is 122 Å². The lowest BCUT2D eigenvalue weighted by molar-refractivity contribution is 0.255. The van der Waals surface area contributed by atoms with Crippen LogP contribution >= 0.6 is 0 Å². The first kappa shape index (κ1) is 13.9. The molecule has 3 rings (SSSR count). The van der Waals surface area contributed by atoms with Crippen molar-refractivity contribution in [3.8, 4) is 11.4 Å². The lowest BCUT2D eigenvalue weighted by atomic mass is 10.2. The zero-order valence-corrected chi connectivity index (χ0v) is 11.8. The van der Waals surface area contributed by atoms with E-state index in [1.165, 1.54) is 0 Å². The van der Waals surface area contributed by atoms with Gasteiger partial charge in [0, 0.05) is 36.1 Å². The number of hydrogen-bond donors (Lipinski definition) is 1. The van der Waals surface area contributed by atoms with Gasteiger partial charge in [0.1, 0.15) is 12.0 Å². The van der Waals surface area contributed by atoms with E-state index in [0.717, 1.165) is 11.3 Å².